The van der Waals surface area contributed by atoms with Crippen molar-refractivity contribution in [1.82, 2.24) is 24.2 Å². The molecule has 0 saturated carbocycles. The Bertz CT molecular complexity index is 1380. The van der Waals surface area contributed by atoms with E-state index >= 15 is 0 Å². The lowest BCUT2D eigenvalue weighted by Gasteiger charge is -2.38. The Morgan fingerprint density at radius 3 is 2.53 bits per heavy atom. The molecule has 1 N–H and O–H groups in total. The van der Waals surface area contributed by atoms with E-state index in [-0.39, 0.29) is 18.0 Å². The molecule has 1 aliphatic rings. The van der Waals surface area contributed by atoms with Crippen molar-refractivity contribution in [3.05, 3.63) is 94.2 Å². The number of likely N-dealkylation sites (tertiary alicyclic amines) is 1. The summed E-state index contributed by atoms with van der Waals surface area (Å²) in [5.74, 6) is -0.0239. The molecule has 0 bridgehead atoms. The fourth-order valence-electron chi connectivity index (χ4n) is 4.65. The van der Waals surface area contributed by atoms with Crippen LogP contribution < -0.4 is 5.56 Å². The van der Waals surface area contributed by atoms with Crippen molar-refractivity contribution >= 4 is 16.9 Å². The van der Waals surface area contributed by atoms with Gasteiger partial charge in [0.25, 0.3) is 11.5 Å². The van der Waals surface area contributed by atoms with Gasteiger partial charge in [0.15, 0.2) is 5.65 Å². The molecular weight excluding hydrogens is 430 g/mol. The quantitative estimate of drug-likeness (QED) is 0.497. The van der Waals surface area contributed by atoms with E-state index in [0.717, 1.165) is 11.1 Å². The summed E-state index contributed by atoms with van der Waals surface area (Å²) >= 11 is 0. The first-order valence-corrected chi connectivity index (χ1v) is 11.4. The van der Waals surface area contributed by atoms with Crippen molar-refractivity contribution < 1.29 is 9.90 Å². The van der Waals surface area contributed by atoms with E-state index in [1.165, 1.54) is 17.1 Å². The van der Waals surface area contributed by atoms with Crippen LogP contribution >= 0.6 is 0 Å². The van der Waals surface area contributed by atoms with Gasteiger partial charge in [0.2, 0.25) is 0 Å². The summed E-state index contributed by atoms with van der Waals surface area (Å²) in [6.45, 7) is 0.981. The number of hydrogen-bond acceptors (Lipinski definition) is 5. The summed E-state index contributed by atoms with van der Waals surface area (Å²) in [4.78, 5) is 32.3. The molecule has 0 aliphatic carbocycles. The molecule has 0 spiro atoms. The number of aromatic nitrogens is 4. The Kier molecular flexibility index (Phi) is 5.75. The van der Waals surface area contributed by atoms with E-state index < -0.39 is 5.60 Å². The average Bonchev–Trinajstić information content (AvgIpc) is 3.23. The molecule has 1 saturated heterocycles. The molecule has 5 rings (SSSR count). The molecule has 174 valence electrons. The summed E-state index contributed by atoms with van der Waals surface area (Å²) in [5, 5.41) is 15.7. The van der Waals surface area contributed by atoms with Gasteiger partial charge < -0.3 is 10.0 Å². The number of piperidine rings is 1. The normalized spacial score (nSPS) is 15.5. The number of rotatable bonds is 5. The lowest BCUT2D eigenvalue weighted by atomic mass is 9.90. The van der Waals surface area contributed by atoms with Gasteiger partial charge in [0.05, 0.1) is 18.3 Å². The van der Waals surface area contributed by atoms with Gasteiger partial charge in [-0.15, -0.1) is 0 Å². The largest absolute Gasteiger partial charge is 0.388 e. The van der Waals surface area contributed by atoms with Crippen LogP contribution in [0.1, 0.15) is 34.3 Å². The van der Waals surface area contributed by atoms with Crippen molar-refractivity contribution in [3.63, 3.8) is 0 Å². The van der Waals surface area contributed by atoms with Crippen LogP contribution in [0.2, 0.25) is 0 Å². The van der Waals surface area contributed by atoms with Crippen molar-refractivity contribution in [3.8, 4) is 0 Å². The predicted octanol–water partition coefficient (Wildman–Crippen LogP) is 2.39. The second-order valence-corrected chi connectivity index (χ2v) is 9.02. The van der Waals surface area contributed by atoms with E-state index in [1.807, 2.05) is 42.5 Å². The van der Waals surface area contributed by atoms with E-state index in [9.17, 15) is 14.7 Å². The Balaban J connectivity index is 1.29. The number of carbonyl (C=O) groups is 1. The van der Waals surface area contributed by atoms with Crippen LogP contribution in [0, 0.1) is 0 Å². The predicted molar refractivity (Wildman–Crippen MR) is 129 cm³/mol. The maximum atomic E-state index is 13.4. The zero-order valence-corrected chi connectivity index (χ0v) is 19.1. The first kappa shape index (κ1) is 22.0. The molecule has 1 fully saturated rings. The molecule has 1 amide bonds. The zero-order chi connectivity index (χ0) is 23.7. The maximum Gasteiger partial charge on any atom is 0.264 e. The molecule has 2 aromatic heterocycles. The molecule has 0 unspecified atom stereocenters. The van der Waals surface area contributed by atoms with Crippen LogP contribution in [0.25, 0.3) is 11.0 Å². The fraction of sp³-hybridized carbons (Fsp3) is 0.308. The Labute approximate surface area is 197 Å². The molecule has 34 heavy (non-hydrogen) atoms. The molecule has 8 nitrogen and oxygen atoms in total. The number of aliphatic hydroxyl groups is 1. The highest BCUT2D eigenvalue weighted by atomic mass is 16.3. The van der Waals surface area contributed by atoms with Crippen molar-refractivity contribution in [2.24, 2.45) is 7.05 Å². The minimum Gasteiger partial charge on any atom is -0.388 e. The monoisotopic (exact) mass is 457 g/mol. The van der Waals surface area contributed by atoms with Gasteiger partial charge in [-0.25, -0.2) is 4.98 Å². The molecule has 0 atom stereocenters. The van der Waals surface area contributed by atoms with E-state index in [0.29, 0.717) is 48.9 Å². The number of fused-ring (bicyclic) bond motifs is 1. The molecule has 3 heterocycles. The second kappa shape index (κ2) is 8.87. The lowest BCUT2D eigenvalue weighted by molar-refractivity contribution is -0.0299. The number of hydrogen-bond donors (Lipinski definition) is 1. The number of amides is 1. The van der Waals surface area contributed by atoms with Crippen molar-refractivity contribution in [2.45, 2.75) is 31.4 Å². The van der Waals surface area contributed by atoms with Crippen LogP contribution in [0.15, 0.2) is 71.9 Å². The third-order valence-corrected chi connectivity index (χ3v) is 6.65. The van der Waals surface area contributed by atoms with Crippen LogP contribution in [-0.4, -0.2) is 53.9 Å². The smallest absolute Gasteiger partial charge is 0.264 e. The van der Waals surface area contributed by atoms with E-state index in [4.69, 9.17) is 0 Å². The topological polar surface area (TPSA) is 93.2 Å². The van der Waals surface area contributed by atoms with Crippen molar-refractivity contribution in [1.29, 1.82) is 0 Å². The number of benzene rings is 2. The number of nitrogens with zero attached hydrogens (tertiary/aromatic N) is 5. The highest BCUT2D eigenvalue weighted by molar-refractivity contribution is 5.96. The molecular formula is C26H27N5O3. The molecule has 8 heteroatoms. The number of aryl methyl sites for hydroxylation is 1. The minimum atomic E-state index is -1.08. The second-order valence-electron chi connectivity index (χ2n) is 9.02. The van der Waals surface area contributed by atoms with Crippen LogP contribution in [0.5, 0.6) is 0 Å². The van der Waals surface area contributed by atoms with Gasteiger partial charge in [0, 0.05) is 25.7 Å². The first-order valence-electron chi connectivity index (χ1n) is 11.4. The minimum absolute atomic E-state index is 0.0239. The van der Waals surface area contributed by atoms with Gasteiger partial charge in [-0.2, -0.15) is 5.10 Å². The van der Waals surface area contributed by atoms with Crippen molar-refractivity contribution in [2.75, 3.05) is 13.1 Å². The third kappa shape index (κ3) is 4.24. The lowest BCUT2D eigenvalue weighted by Crippen LogP contribution is -2.49. The maximum absolute atomic E-state index is 13.4. The summed E-state index contributed by atoms with van der Waals surface area (Å²) in [6.07, 6.45) is 4.42. The van der Waals surface area contributed by atoms with Crippen LogP contribution in [0.3, 0.4) is 0 Å². The van der Waals surface area contributed by atoms with Gasteiger partial charge in [0.1, 0.15) is 11.7 Å². The van der Waals surface area contributed by atoms with E-state index in [1.54, 1.807) is 16.6 Å². The Morgan fingerprint density at radius 1 is 1.06 bits per heavy atom. The Morgan fingerprint density at radius 2 is 1.76 bits per heavy atom. The fourth-order valence-corrected chi connectivity index (χ4v) is 4.65. The summed E-state index contributed by atoms with van der Waals surface area (Å²) < 4.78 is 2.99. The first-order chi connectivity index (χ1) is 16.4. The summed E-state index contributed by atoms with van der Waals surface area (Å²) in [5.41, 5.74) is 2.05. The van der Waals surface area contributed by atoms with E-state index in [2.05, 4.69) is 22.2 Å². The third-order valence-electron chi connectivity index (χ3n) is 6.65. The highest BCUT2D eigenvalue weighted by Crippen LogP contribution is 2.26. The van der Waals surface area contributed by atoms with Gasteiger partial charge in [-0.3, -0.25) is 18.8 Å². The summed E-state index contributed by atoms with van der Waals surface area (Å²) in [6, 6.07) is 17.8. The molecule has 0 radical (unpaired) electrons. The molecule has 2 aromatic carbocycles. The molecule has 1 aliphatic heterocycles. The highest BCUT2D eigenvalue weighted by Gasteiger charge is 2.35. The van der Waals surface area contributed by atoms with Gasteiger partial charge in [-0.05, 0) is 36.5 Å². The zero-order valence-electron chi connectivity index (χ0n) is 19.1. The standard InChI is InChI=1S/C26H27N5O3/c1-29-23-22(16-28-29)25(33)31(18-27-23)17-26(34)11-13-30(14-12-26)24(32)21-10-6-5-9-20(21)15-19-7-3-2-4-8-19/h2-10,16,18,34H,11-15,17H2,1H3. The van der Waals surface area contributed by atoms with Crippen LogP contribution in [-0.2, 0) is 20.0 Å². The molecule has 4 aromatic rings. The Hall–Kier alpha value is -3.78. The van der Waals surface area contributed by atoms with Gasteiger partial charge in [-0.1, -0.05) is 48.5 Å². The average molecular weight is 458 g/mol. The SMILES string of the molecule is Cn1ncc2c(=O)n(CC3(O)CCN(C(=O)c4ccccc4Cc4ccccc4)CC3)cnc21. The van der Waals surface area contributed by atoms with Crippen LogP contribution in [0.4, 0.5) is 0 Å². The number of carbonyl (C=O) groups excluding carboxylic acids is 1. The summed E-state index contributed by atoms with van der Waals surface area (Å²) in [7, 11) is 1.73. The van der Waals surface area contributed by atoms with Gasteiger partial charge >= 0.3 is 0 Å².